The molecule has 0 saturated heterocycles. The molecule has 84 valence electrons. The Kier molecular flexibility index (Phi) is 4.94. The number of carbonyl (C=O) groups is 1. The zero-order valence-electron chi connectivity index (χ0n) is 9.29. The predicted octanol–water partition coefficient (Wildman–Crippen LogP) is 1.46. The highest BCUT2D eigenvalue weighted by atomic mass is 16.3. The summed E-state index contributed by atoms with van der Waals surface area (Å²) >= 11 is 0. The summed E-state index contributed by atoms with van der Waals surface area (Å²) in [4.78, 5) is 11.5. The van der Waals surface area contributed by atoms with Crippen molar-refractivity contribution in [1.82, 2.24) is 5.32 Å². The third-order valence-corrected chi connectivity index (χ3v) is 2.09. The van der Waals surface area contributed by atoms with Crippen LogP contribution in [0.1, 0.15) is 18.9 Å². The van der Waals surface area contributed by atoms with Gasteiger partial charge in [0.05, 0.1) is 6.42 Å². The van der Waals surface area contributed by atoms with Gasteiger partial charge in [0.2, 0.25) is 5.91 Å². The first-order valence-corrected chi connectivity index (χ1v) is 5.17. The molecule has 1 amide bonds. The molecule has 3 heteroatoms. The van der Waals surface area contributed by atoms with Gasteiger partial charge >= 0.3 is 0 Å². The highest BCUT2D eigenvalue weighted by Crippen LogP contribution is 2.15. The molecule has 3 nitrogen and oxygen atoms in total. The molecule has 0 aliphatic rings. The minimum absolute atomic E-state index is 0.0978. The van der Waals surface area contributed by atoms with Crippen LogP contribution in [-0.4, -0.2) is 17.6 Å². The average molecular weight is 217 g/mol. The number of hydrogen-bond donors (Lipinski definition) is 2. The molecule has 0 aliphatic heterocycles. The van der Waals surface area contributed by atoms with Crippen LogP contribution < -0.4 is 5.32 Å². The van der Waals surface area contributed by atoms with E-state index < -0.39 is 0 Å². The highest BCUT2D eigenvalue weighted by Gasteiger charge is 2.05. The number of hydrogen-bond acceptors (Lipinski definition) is 2. The van der Waals surface area contributed by atoms with Crippen molar-refractivity contribution in [2.45, 2.75) is 19.8 Å². The number of aromatic hydroxyl groups is 1. The van der Waals surface area contributed by atoms with E-state index in [1.807, 2.05) is 0 Å². The molecule has 0 heterocycles. The zero-order chi connectivity index (χ0) is 11.8. The number of para-hydroxylation sites is 1. The van der Waals surface area contributed by atoms with Crippen molar-refractivity contribution in [3.05, 3.63) is 29.8 Å². The first kappa shape index (κ1) is 12.1. The molecule has 0 fully saturated rings. The molecule has 1 aromatic rings. The second-order valence-corrected chi connectivity index (χ2v) is 3.33. The maximum atomic E-state index is 11.5. The van der Waals surface area contributed by atoms with Gasteiger partial charge in [0.1, 0.15) is 5.75 Å². The monoisotopic (exact) mass is 217 g/mol. The summed E-state index contributed by atoms with van der Waals surface area (Å²) in [6.45, 7) is 2.32. The minimum atomic E-state index is -0.0978. The van der Waals surface area contributed by atoms with E-state index in [4.69, 9.17) is 0 Å². The molecule has 0 unspecified atom stereocenters. The number of rotatable bonds is 4. The molecule has 0 spiro atoms. The number of carbonyl (C=O) groups excluding carboxylic acids is 1. The summed E-state index contributed by atoms with van der Waals surface area (Å²) < 4.78 is 0. The van der Waals surface area contributed by atoms with Crippen LogP contribution in [0.5, 0.6) is 5.75 Å². The van der Waals surface area contributed by atoms with E-state index in [0.717, 1.165) is 0 Å². The van der Waals surface area contributed by atoms with Crippen molar-refractivity contribution >= 4 is 5.91 Å². The molecule has 0 atom stereocenters. The Labute approximate surface area is 95.5 Å². The van der Waals surface area contributed by atoms with Crippen LogP contribution in [0.25, 0.3) is 0 Å². The van der Waals surface area contributed by atoms with E-state index >= 15 is 0 Å². The lowest BCUT2D eigenvalue weighted by Crippen LogP contribution is -2.25. The van der Waals surface area contributed by atoms with Crippen LogP contribution in [0.15, 0.2) is 24.3 Å². The van der Waals surface area contributed by atoms with E-state index in [9.17, 15) is 9.90 Å². The largest absolute Gasteiger partial charge is 0.508 e. The number of nitrogens with one attached hydrogen (secondary N) is 1. The normalized spacial score (nSPS) is 9.06. The van der Waals surface area contributed by atoms with Gasteiger partial charge in [-0.1, -0.05) is 18.2 Å². The van der Waals surface area contributed by atoms with Crippen molar-refractivity contribution < 1.29 is 9.90 Å². The second kappa shape index (κ2) is 6.52. The summed E-state index contributed by atoms with van der Waals surface area (Å²) in [5, 5.41) is 12.2. The fraction of sp³-hybridized carbons (Fsp3) is 0.308. The van der Waals surface area contributed by atoms with Gasteiger partial charge in [-0.3, -0.25) is 4.79 Å². The van der Waals surface area contributed by atoms with E-state index in [-0.39, 0.29) is 18.1 Å². The van der Waals surface area contributed by atoms with E-state index in [2.05, 4.69) is 17.2 Å². The number of amides is 1. The van der Waals surface area contributed by atoms with E-state index in [1.165, 1.54) is 0 Å². The molecule has 0 radical (unpaired) electrons. The Hall–Kier alpha value is -1.95. The molecule has 1 rings (SSSR count). The van der Waals surface area contributed by atoms with Crippen molar-refractivity contribution in [1.29, 1.82) is 0 Å². The highest BCUT2D eigenvalue weighted by molar-refractivity contribution is 5.79. The number of phenolic OH excluding ortho intramolecular Hbond substituents is 1. The molecule has 0 saturated carbocycles. The van der Waals surface area contributed by atoms with E-state index in [0.29, 0.717) is 18.5 Å². The smallest absolute Gasteiger partial charge is 0.224 e. The maximum Gasteiger partial charge on any atom is 0.224 e. The van der Waals surface area contributed by atoms with Crippen LogP contribution in [0.4, 0.5) is 0 Å². The van der Waals surface area contributed by atoms with Gasteiger partial charge in [-0.25, -0.2) is 0 Å². The lowest BCUT2D eigenvalue weighted by molar-refractivity contribution is -0.120. The Balaban J connectivity index is 2.39. The molecule has 0 bridgehead atoms. The van der Waals surface area contributed by atoms with Crippen LogP contribution in [0, 0.1) is 11.8 Å². The zero-order valence-corrected chi connectivity index (χ0v) is 9.29. The van der Waals surface area contributed by atoms with Gasteiger partial charge < -0.3 is 10.4 Å². The maximum absolute atomic E-state index is 11.5. The Morgan fingerprint density at radius 2 is 2.19 bits per heavy atom. The number of benzene rings is 1. The fourth-order valence-electron chi connectivity index (χ4n) is 1.29. The van der Waals surface area contributed by atoms with Gasteiger partial charge in [0.15, 0.2) is 0 Å². The lowest BCUT2D eigenvalue weighted by Gasteiger charge is -2.04. The van der Waals surface area contributed by atoms with Gasteiger partial charge in [0.25, 0.3) is 0 Å². The Morgan fingerprint density at radius 1 is 1.44 bits per heavy atom. The molecule has 1 aromatic carbocycles. The predicted molar refractivity (Wildman–Crippen MR) is 62.9 cm³/mol. The third-order valence-electron chi connectivity index (χ3n) is 2.09. The van der Waals surface area contributed by atoms with Crippen molar-refractivity contribution in [2.75, 3.05) is 6.54 Å². The molecule has 2 N–H and O–H groups in total. The summed E-state index contributed by atoms with van der Waals surface area (Å²) in [6, 6.07) is 6.84. The fourth-order valence-corrected chi connectivity index (χ4v) is 1.29. The van der Waals surface area contributed by atoms with E-state index in [1.54, 1.807) is 31.2 Å². The second-order valence-electron chi connectivity index (χ2n) is 3.33. The van der Waals surface area contributed by atoms with Crippen LogP contribution in [0.3, 0.4) is 0 Å². The van der Waals surface area contributed by atoms with Crippen LogP contribution >= 0.6 is 0 Å². The third kappa shape index (κ3) is 4.05. The Bertz CT molecular complexity index is 415. The Morgan fingerprint density at radius 3 is 2.88 bits per heavy atom. The van der Waals surface area contributed by atoms with Crippen LogP contribution in [-0.2, 0) is 11.2 Å². The summed E-state index contributed by atoms with van der Waals surface area (Å²) in [7, 11) is 0. The SMILES string of the molecule is CC#CCCNC(=O)Cc1ccccc1O. The molecule has 16 heavy (non-hydrogen) atoms. The van der Waals surface area contributed by atoms with Gasteiger partial charge in [-0.15, -0.1) is 11.8 Å². The van der Waals surface area contributed by atoms with Crippen LogP contribution in [0.2, 0.25) is 0 Å². The van der Waals surface area contributed by atoms with Crippen molar-refractivity contribution in [3.63, 3.8) is 0 Å². The van der Waals surface area contributed by atoms with Gasteiger partial charge in [0, 0.05) is 18.5 Å². The topological polar surface area (TPSA) is 49.3 Å². The number of phenols is 1. The van der Waals surface area contributed by atoms with Gasteiger partial charge in [-0.2, -0.15) is 0 Å². The molecular weight excluding hydrogens is 202 g/mol. The van der Waals surface area contributed by atoms with Crippen molar-refractivity contribution in [3.8, 4) is 17.6 Å². The summed E-state index contributed by atoms with van der Waals surface area (Å²) in [6.07, 6.45) is 0.856. The molecule has 0 aliphatic carbocycles. The summed E-state index contributed by atoms with van der Waals surface area (Å²) in [5.74, 6) is 5.68. The van der Waals surface area contributed by atoms with Gasteiger partial charge in [-0.05, 0) is 13.0 Å². The first-order valence-electron chi connectivity index (χ1n) is 5.17. The quantitative estimate of drug-likeness (QED) is 0.592. The molecular formula is C13H15NO2. The van der Waals surface area contributed by atoms with Crippen molar-refractivity contribution in [2.24, 2.45) is 0 Å². The minimum Gasteiger partial charge on any atom is -0.508 e. The lowest BCUT2D eigenvalue weighted by atomic mass is 10.1. The first-order chi connectivity index (χ1) is 7.74. The standard InChI is InChI=1S/C13H15NO2/c1-2-3-6-9-14-13(16)10-11-7-4-5-8-12(11)15/h4-5,7-8,15H,6,9-10H2,1H3,(H,14,16). The molecule has 0 aromatic heterocycles. The summed E-state index contributed by atoms with van der Waals surface area (Å²) in [5.41, 5.74) is 0.640. The average Bonchev–Trinajstić information content (AvgIpc) is 2.28.